The van der Waals surface area contributed by atoms with Crippen molar-refractivity contribution in [1.82, 2.24) is 0 Å². The van der Waals surface area contributed by atoms with Crippen molar-refractivity contribution in [3.63, 3.8) is 0 Å². The quantitative estimate of drug-likeness (QED) is 0.287. The van der Waals surface area contributed by atoms with Crippen LogP contribution < -0.4 is 4.90 Å². The van der Waals surface area contributed by atoms with Crippen LogP contribution in [0.25, 0.3) is 11.1 Å². The fraction of sp³-hybridized carbons (Fsp3) is 0.111. The van der Waals surface area contributed by atoms with Crippen LogP contribution >= 0.6 is 31.9 Å². The summed E-state index contributed by atoms with van der Waals surface area (Å²) in [4.78, 5) is 2.36. The molecule has 0 amide bonds. The second-order valence-corrected chi connectivity index (χ2v) is 9.70. The number of aliphatic hydroxyl groups is 1. The molecule has 31 heavy (non-hydrogen) atoms. The van der Waals surface area contributed by atoms with Gasteiger partial charge in [0.2, 0.25) is 0 Å². The summed E-state index contributed by atoms with van der Waals surface area (Å²) in [6, 6.07) is 31.5. The van der Waals surface area contributed by atoms with Crippen molar-refractivity contribution >= 4 is 37.5 Å². The first-order valence-electron chi connectivity index (χ1n) is 10.2. The lowest BCUT2D eigenvalue weighted by atomic mass is 10.0. The molecular weight excluding hydrogens is 514 g/mol. The van der Waals surface area contributed by atoms with E-state index in [4.69, 9.17) is 0 Å². The highest BCUT2D eigenvalue weighted by molar-refractivity contribution is 9.10. The molecule has 0 fully saturated rings. The number of aliphatic hydroxyl groups excluding tert-OH is 1. The number of fused-ring (bicyclic) bond motifs is 3. The predicted molar refractivity (Wildman–Crippen MR) is 134 cm³/mol. The molecule has 0 heterocycles. The third-order valence-electron chi connectivity index (χ3n) is 5.81. The largest absolute Gasteiger partial charge is 0.384 e. The Morgan fingerprint density at radius 3 is 1.81 bits per heavy atom. The Balaban J connectivity index is 1.51. The molecular formula is C27H21Br2NO. The number of hydrogen-bond donors (Lipinski definition) is 1. The number of halogens is 2. The van der Waals surface area contributed by atoms with Gasteiger partial charge in [-0.05, 0) is 69.8 Å². The van der Waals surface area contributed by atoms with Crippen molar-refractivity contribution in [2.24, 2.45) is 0 Å². The summed E-state index contributed by atoms with van der Waals surface area (Å²) in [5.74, 6) is 0. The van der Waals surface area contributed by atoms with E-state index in [0.717, 1.165) is 50.0 Å². The van der Waals surface area contributed by atoms with Crippen LogP contribution in [0.1, 0.15) is 28.4 Å². The normalized spacial score (nSPS) is 14.2. The zero-order chi connectivity index (χ0) is 21.4. The van der Waals surface area contributed by atoms with Crippen LogP contribution in [0.3, 0.4) is 0 Å². The van der Waals surface area contributed by atoms with E-state index < -0.39 is 6.10 Å². The van der Waals surface area contributed by atoms with Crippen molar-refractivity contribution in [3.8, 4) is 11.1 Å². The summed E-state index contributed by atoms with van der Waals surface area (Å²) in [5.41, 5.74) is 7.81. The summed E-state index contributed by atoms with van der Waals surface area (Å²) < 4.78 is 2.16. The first-order chi connectivity index (χ1) is 15.1. The van der Waals surface area contributed by atoms with E-state index in [0.29, 0.717) is 0 Å². The molecule has 4 aromatic carbocycles. The molecule has 1 N–H and O–H groups in total. The maximum Gasteiger partial charge on any atom is 0.105 e. The molecule has 1 atom stereocenters. The van der Waals surface area contributed by atoms with E-state index in [1.54, 1.807) is 0 Å². The van der Waals surface area contributed by atoms with Gasteiger partial charge in [-0.1, -0.05) is 86.5 Å². The second-order valence-electron chi connectivity index (χ2n) is 7.87. The second kappa shape index (κ2) is 8.62. The highest BCUT2D eigenvalue weighted by Crippen LogP contribution is 2.44. The van der Waals surface area contributed by atoms with Crippen molar-refractivity contribution in [3.05, 3.63) is 122 Å². The van der Waals surface area contributed by atoms with Gasteiger partial charge in [-0.15, -0.1) is 0 Å². The van der Waals surface area contributed by atoms with Gasteiger partial charge in [-0.2, -0.15) is 0 Å². The summed E-state index contributed by atoms with van der Waals surface area (Å²) in [6.45, 7) is 1.57. The fourth-order valence-corrected chi connectivity index (χ4v) is 4.75. The van der Waals surface area contributed by atoms with Crippen molar-refractivity contribution < 1.29 is 5.11 Å². The van der Waals surface area contributed by atoms with Gasteiger partial charge in [0.05, 0.1) is 0 Å². The Kier molecular flexibility index (Phi) is 5.70. The lowest BCUT2D eigenvalue weighted by Gasteiger charge is -2.26. The van der Waals surface area contributed by atoms with Crippen molar-refractivity contribution in [2.45, 2.75) is 19.2 Å². The molecule has 0 unspecified atom stereocenters. The molecule has 2 nitrogen and oxygen atoms in total. The van der Waals surface area contributed by atoms with Crippen LogP contribution in [-0.2, 0) is 13.1 Å². The minimum absolute atomic E-state index is 0.576. The molecule has 0 aromatic heterocycles. The van der Waals surface area contributed by atoms with Gasteiger partial charge in [0.25, 0.3) is 0 Å². The number of nitrogens with zero attached hydrogens (tertiary/aromatic N) is 1. The van der Waals surface area contributed by atoms with E-state index >= 15 is 0 Å². The number of benzene rings is 4. The maximum absolute atomic E-state index is 11.0. The fourth-order valence-electron chi connectivity index (χ4n) is 4.23. The molecule has 0 aliphatic heterocycles. The molecule has 0 bridgehead atoms. The Morgan fingerprint density at radius 1 is 0.645 bits per heavy atom. The zero-order valence-corrected chi connectivity index (χ0v) is 20.0. The van der Waals surface area contributed by atoms with Crippen LogP contribution in [0.15, 0.2) is 99.9 Å². The van der Waals surface area contributed by atoms with E-state index in [1.165, 1.54) is 11.1 Å². The smallest absolute Gasteiger partial charge is 0.105 e. The van der Waals surface area contributed by atoms with Crippen LogP contribution in [0.2, 0.25) is 0 Å². The highest BCUT2D eigenvalue weighted by atomic mass is 79.9. The SMILES string of the molecule is O[C@@H]1c2ccccc2-c2ccc(N(Cc3ccc(Br)cc3)Cc3ccc(Br)cc3)cc21. The number of anilines is 1. The van der Waals surface area contributed by atoms with Crippen LogP contribution in [-0.4, -0.2) is 5.11 Å². The third kappa shape index (κ3) is 4.20. The zero-order valence-electron chi connectivity index (χ0n) is 16.8. The molecule has 154 valence electrons. The highest BCUT2D eigenvalue weighted by Gasteiger charge is 2.27. The van der Waals surface area contributed by atoms with E-state index in [2.05, 4.69) is 110 Å². The molecule has 0 spiro atoms. The van der Waals surface area contributed by atoms with E-state index in [-0.39, 0.29) is 0 Å². The lowest BCUT2D eigenvalue weighted by Crippen LogP contribution is -2.22. The molecule has 5 rings (SSSR count). The average Bonchev–Trinajstić information content (AvgIpc) is 3.08. The van der Waals surface area contributed by atoms with Gasteiger partial charge in [0.1, 0.15) is 6.10 Å². The predicted octanol–water partition coefficient (Wildman–Crippen LogP) is 7.48. The number of rotatable bonds is 5. The molecule has 1 aliphatic rings. The van der Waals surface area contributed by atoms with Gasteiger partial charge < -0.3 is 10.0 Å². The lowest BCUT2D eigenvalue weighted by molar-refractivity contribution is 0.225. The molecule has 4 aromatic rings. The monoisotopic (exact) mass is 533 g/mol. The Labute approximate surface area is 199 Å². The first kappa shape index (κ1) is 20.5. The van der Waals surface area contributed by atoms with Gasteiger partial charge in [0.15, 0.2) is 0 Å². The standard InChI is InChI=1S/C27H21Br2NO/c28-20-9-5-18(6-10-20)16-30(17-19-7-11-21(29)12-8-19)22-13-14-24-23-3-1-2-4-25(23)27(31)26(24)15-22/h1-15,27,31H,16-17H2/t27-/m1/s1. The van der Waals surface area contributed by atoms with Crippen LogP contribution in [0.4, 0.5) is 5.69 Å². The molecule has 0 saturated heterocycles. The summed E-state index contributed by atoms with van der Waals surface area (Å²) in [6.07, 6.45) is -0.576. The van der Waals surface area contributed by atoms with E-state index in [1.807, 2.05) is 18.2 Å². The first-order valence-corrected chi connectivity index (χ1v) is 11.8. The Hall–Kier alpha value is -2.40. The topological polar surface area (TPSA) is 23.5 Å². The molecule has 1 aliphatic carbocycles. The minimum atomic E-state index is -0.576. The van der Waals surface area contributed by atoms with Crippen LogP contribution in [0, 0.1) is 0 Å². The van der Waals surface area contributed by atoms with E-state index in [9.17, 15) is 5.11 Å². The maximum atomic E-state index is 11.0. The number of hydrogen-bond acceptors (Lipinski definition) is 2. The molecule has 0 radical (unpaired) electrons. The van der Waals surface area contributed by atoms with Gasteiger partial charge in [0, 0.05) is 27.7 Å². The molecule has 4 heteroatoms. The Morgan fingerprint density at radius 2 is 1.19 bits per heavy atom. The summed E-state index contributed by atoms with van der Waals surface area (Å²) in [7, 11) is 0. The van der Waals surface area contributed by atoms with Gasteiger partial charge in [-0.25, -0.2) is 0 Å². The minimum Gasteiger partial charge on any atom is -0.384 e. The van der Waals surface area contributed by atoms with Gasteiger partial charge >= 0.3 is 0 Å². The summed E-state index contributed by atoms with van der Waals surface area (Å²) >= 11 is 7.05. The third-order valence-corrected chi connectivity index (χ3v) is 6.87. The van der Waals surface area contributed by atoms with Crippen molar-refractivity contribution in [1.29, 1.82) is 0 Å². The van der Waals surface area contributed by atoms with Gasteiger partial charge in [-0.3, -0.25) is 0 Å². The molecule has 0 saturated carbocycles. The average molecular weight is 535 g/mol. The summed E-state index contributed by atoms with van der Waals surface area (Å²) in [5, 5.41) is 11.0. The van der Waals surface area contributed by atoms with Crippen LogP contribution in [0.5, 0.6) is 0 Å². The van der Waals surface area contributed by atoms with Crippen molar-refractivity contribution in [2.75, 3.05) is 4.90 Å². The Bertz CT molecular complexity index is 1170.